The van der Waals surface area contributed by atoms with E-state index in [1.54, 1.807) is 0 Å². The van der Waals surface area contributed by atoms with Crippen LogP contribution in [0.2, 0.25) is 0 Å². The maximum absolute atomic E-state index is 12.2. The van der Waals surface area contributed by atoms with Crippen molar-refractivity contribution in [3.8, 4) is 0 Å². The summed E-state index contributed by atoms with van der Waals surface area (Å²) in [4.78, 5) is 65.0. The number of nitrogens with two attached hydrogens (primary N) is 2. The molecule has 4 atom stereocenters. The molecule has 4 unspecified atom stereocenters. The zero-order valence-electron chi connectivity index (χ0n) is 16.1. The number of hydrogen-bond donors (Lipinski definition) is 8. The molecule has 0 aliphatic heterocycles. The van der Waals surface area contributed by atoms with Gasteiger partial charge in [0.15, 0.2) is 0 Å². The van der Waals surface area contributed by atoms with Gasteiger partial charge in [-0.3, -0.25) is 19.2 Å². The smallest absolute Gasteiger partial charge is 0.326 e. The fourth-order valence-electron chi connectivity index (χ4n) is 2.28. The van der Waals surface area contributed by atoms with Crippen LogP contribution in [0.5, 0.6) is 0 Å². The SMILES string of the molecule is CC(NC(=O)C(N)Cc1cnc[nH]1)C(=O)NC(CO)C(=O)NC(CC(N)=O)C(=O)O. The van der Waals surface area contributed by atoms with Gasteiger partial charge in [-0.2, -0.15) is 0 Å². The minimum Gasteiger partial charge on any atom is -0.480 e. The second kappa shape index (κ2) is 11.5. The molecule has 1 aromatic rings. The first-order valence-corrected chi connectivity index (χ1v) is 8.81. The number of rotatable bonds is 12. The molecule has 10 N–H and O–H groups in total. The van der Waals surface area contributed by atoms with E-state index < -0.39 is 66.8 Å². The number of aromatic amines is 1. The van der Waals surface area contributed by atoms with Crippen molar-refractivity contribution in [2.45, 2.75) is 43.9 Å². The summed E-state index contributed by atoms with van der Waals surface area (Å²) < 4.78 is 0. The van der Waals surface area contributed by atoms with E-state index >= 15 is 0 Å². The number of carbonyl (C=O) groups is 5. The molecule has 30 heavy (non-hydrogen) atoms. The van der Waals surface area contributed by atoms with Crippen LogP contribution in [0.25, 0.3) is 0 Å². The first-order valence-electron chi connectivity index (χ1n) is 8.81. The van der Waals surface area contributed by atoms with Gasteiger partial charge in [0.2, 0.25) is 23.6 Å². The summed E-state index contributed by atoms with van der Waals surface area (Å²) in [5.74, 6) is -4.99. The monoisotopic (exact) mass is 427 g/mol. The van der Waals surface area contributed by atoms with Gasteiger partial charge in [0.1, 0.15) is 18.1 Å². The molecule has 14 nitrogen and oxygen atoms in total. The van der Waals surface area contributed by atoms with Crippen LogP contribution in [0.3, 0.4) is 0 Å². The highest BCUT2D eigenvalue weighted by Gasteiger charge is 2.29. The summed E-state index contributed by atoms with van der Waals surface area (Å²) in [7, 11) is 0. The number of H-pyrrole nitrogens is 1. The van der Waals surface area contributed by atoms with Gasteiger partial charge in [0, 0.05) is 18.3 Å². The van der Waals surface area contributed by atoms with Gasteiger partial charge in [-0.1, -0.05) is 0 Å². The Bertz CT molecular complexity index is 768. The summed E-state index contributed by atoms with van der Waals surface area (Å²) >= 11 is 0. The quantitative estimate of drug-likeness (QED) is 0.161. The molecule has 0 aliphatic rings. The largest absolute Gasteiger partial charge is 0.480 e. The van der Waals surface area contributed by atoms with Gasteiger partial charge in [0.05, 0.1) is 25.4 Å². The maximum atomic E-state index is 12.2. The standard InChI is InChI=1S/C16H25N7O7/c1-7(21-14(27)9(17)2-8-4-19-6-20-8)13(26)23-11(5-24)15(28)22-10(16(29)30)3-12(18)25/h4,6-7,9-11,24H,2-3,5,17H2,1H3,(H2,18,25)(H,19,20)(H,21,27)(H,22,28)(H,23,26)(H,29,30). The summed E-state index contributed by atoms with van der Waals surface area (Å²) in [6.07, 6.45) is 2.40. The second-order valence-electron chi connectivity index (χ2n) is 6.43. The molecular weight excluding hydrogens is 402 g/mol. The lowest BCUT2D eigenvalue weighted by Gasteiger charge is -2.22. The number of nitrogens with zero attached hydrogens (tertiary/aromatic N) is 1. The average molecular weight is 427 g/mol. The lowest BCUT2D eigenvalue weighted by molar-refractivity contribution is -0.144. The van der Waals surface area contributed by atoms with Gasteiger partial charge < -0.3 is 42.6 Å². The number of aliphatic hydroxyl groups excluding tert-OH is 1. The molecule has 1 rings (SSSR count). The minimum atomic E-state index is -1.63. The molecular formula is C16H25N7O7. The molecule has 0 radical (unpaired) electrons. The van der Waals surface area contributed by atoms with E-state index in [9.17, 15) is 29.1 Å². The van der Waals surface area contributed by atoms with Crippen molar-refractivity contribution in [3.63, 3.8) is 0 Å². The van der Waals surface area contributed by atoms with Crippen molar-refractivity contribution in [1.82, 2.24) is 25.9 Å². The Hall–Kier alpha value is -3.52. The molecule has 0 saturated carbocycles. The minimum absolute atomic E-state index is 0.151. The van der Waals surface area contributed by atoms with E-state index in [-0.39, 0.29) is 6.42 Å². The number of carbonyl (C=O) groups excluding carboxylic acids is 4. The second-order valence-corrected chi connectivity index (χ2v) is 6.43. The van der Waals surface area contributed by atoms with Gasteiger partial charge in [-0.25, -0.2) is 9.78 Å². The fraction of sp³-hybridized carbons (Fsp3) is 0.500. The number of carboxylic acids is 1. The number of aliphatic hydroxyl groups is 1. The Labute approximate surface area is 170 Å². The fourth-order valence-corrected chi connectivity index (χ4v) is 2.28. The lowest BCUT2D eigenvalue weighted by Crippen LogP contribution is -2.57. The summed E-state index contributed by atoms with van der Waals surface area (Å²) in [5, 5.41) is 24.9. The van der Waals surface area contributed by atoms with Crippen LogP contribution in [0.1, 0.15) is 19.0 Å². The number of aliphatic carboxylic acids is 1. The molecule has 0 spiro atoms. The molecule has 1 aromatic heterocycles. The highest BCUT2D eigenvalue weighted by molar-refractivity contribution is 5.94. The van der Waals surface area contributed by atoms with Crippen molar-refractivity contribution in [2.75, 3.05) is 6.61 Å². The van der Waals surface area contributed by atoms with Crippen molar-refractivity contribution >= 4 is 29.6 Å². The van der Waals surface area contributed by atoms with Crippen molar-refractivity contribution in [1.29, 1.82) is 0 Å². The van der Waals surface area contributed by atoms with Gasteiger partial charge in [-0.05, 0) is 6.92 Å². The molecule has 0 saturated heterocycles. The average Bonchev–Trinajstić information content (AvgIpc) is 3.17. The van der Waals surface area contributed by atoms with Crippen LogP contribution in [-0.2, 0) is 30.4 Å². The normalized spacial score (nSPS) is 14.6. The van der Waals surface area contributed by atoms with Crippen molar-refractivity contribution in [3.05, 3.63) is 18.2 Å². The number of primary amides is 1. The number of amides is 4. The number of imidazole rings is 1. The third-order valence-corrected chi connectivity index (χ3v) is 3.92. The third-order valence-electron chi connectivity index (χ3n) is 3.92. The highest BCUT2D eigenvalue weighted by atomic mass is 16.4. The number of nitrogens with one attached hydrogen (secondary N) is 4. The van der Waals surface area contributed by atoms with Crippen LogP contribution in [0.4, 0.5) is 0 Å². The van der Waals surface area contributed by atoms with Crippen LogP contribution in [0.15, 0.2) is 12.5 Å². The number of aromatic nitrogens is 2. The van der Waals surface area contributed by atoms with E-state index in [4.69, 9.17) is 16.6 Å². The predicted octanol–water partition coefficient (Wildman–Crippen LogP) is -4.29. The van der Waals surface area contributed by atoms with Crippen LogP contribution in [-0.4, -0.2) is 80.6 Å². The Kier molecular flexibility index (Phi) is 9.38. The Morgan fingerprint density at radius 1 is 1.10 bits per heavy atom. The van der Waals surface area contributed by atoms with Crippen LogP contribution in [0, 0.1) is 0 Å². The van der Waals surface area contributed by atoms with Crippen LogP contribution < -0.4 is 27.4 Å². The summed E-state index contributed by atoms with van der Waals surface area (Å²) in [5.41, 5.74) is 11.3. The first-order chi connectivity index (χ1) is 14.0. The zero-order chi connectivity index (χ0) is 22.8. The number of hydrogen-bond acceptors (Lipinski definition) is 8. The molecule has 14 heteroatoms. The van der Waals surface area contributed by atoms with Crippen molar-refractivity contribution < 1.29 is 34.2 Å². The molecule has 166 valence electrons. The molecule has 0 aromatic carbocycles. The molecule has 4 amide bonds. The van der Waals surface area contributed by atoms with Gasteiger partial charge in [0.25, 0.3) is 0 Å². The topological polar surface area (TPSA) is 243 Å². The van der Waals surface area contributed by atoms with E-state index in [1.807, 2.05) is 5.32 Å². The van der Waals surface area contributed by atoms with E-state index in [1.165, 1.54) is 19.4 Å². The summed E-state index contributed by atoms with van der Waals surface area (Å²) in [6, 6.07) is -5.24. The maximum Gasteiger partial charge on any atom is 0.326 e. The molecule has 0 bridgehead atoms. The Morgan fingerprint density at radius 2 is 1.73 bits per heavy atom. The van der Waals surface area contributed by atoms with E-state index in [0.717, 1.165) is 0 Å². The number of carboxylic acid groups (broad SMARTS) is 1. The predicted molar refractivity (Wildman–Crippen MR) is 100 cm³/mol. The van der Waals surface area contributed by atoms with Gasteiger partial charge in [-0.15, -0.1) is 0 Å². The Balaban J connectivity index is 2.61. The zero-order valence-corrected chi connectivity index (χ0v) is 16.1. The first kappa shape index (κ1) is 24.5. The summed E-state index contributed by atoms with van der Waals surface area (Å²) in [6.45, 7) is 0.468. The van der Waals surface area contributed by atoms with Crippen LogP contribution >= 0.6 is 0 Å². The van der Waals surface area contributed by atoms with E-state index in [0.29, 0.717) is 5.69 Å². The van der Waals surface area contributed by atoms with Gasteiger partial charge >= 0.3 is 5.97 Å². The Morgan fingerprint density at radius 3 is 2.23 bits per heavy atom. The lowest BCUT2D eigenvalue weighted by atomic mass is 10.1. The molecule has 0 fully saturated rings. The van der Waals surface area contributed by atoms with E-state index in [2.05, 4.69) is 20.6 Å². The highest BCUT2D eigenvalue weighted by Crippen LogP contribution is 1.98. The van der Waals surface area contributed by atoms with Crippen molar-refractivity contribution in [2.24, 2.45) is 11.5 Å². The third kappa shape index (κ3) is 7.84. The molecule has 1 heterocycles. The molecule has 0 aliphatic carbocycles.